The predicted molar refractivity (Wildman–Crippen MR) is 88.2 cm³/mol. The molecule has 9 heteroatoms. The predicted octanol–water partition coefficient (Wildman–Crippen LogP) is 3.72. The van der Waals surface area contributed by atoms with Gasteiger partial charge in [0, 0.05) is 24.8 Å². The summed E-state index contributed by atoms with van der Waals surface area (Å²) in [5.41, 5.74) is 0.835. The van der Waals surface area contributed by atoms with Crippen molar-refractivity contribution in [3.63, 3.8) is 0 Å². The monoisotopic (exact) mass is 383 g/mol. The molecule has 0 amide bonds. The van der Waals surface area contributed by atoms with E-state index in [1.807, 2.05) is 0 Å². The summed E-state index contributed by atoms with van der Waals surface area (Å²) in [6.45, 7) is 0. The summed E-state index contributed by atoms with van der Waals surface area (Å²) in [6, 6.07) is 7.98. The number of aromatic hydroxyl groups is 1. The fourth-order valence-corrected chi connectivity index (χ4v) is 2.32. The van der Waals surface area contributed by atoms with Crippen molar-refractivity contribution < 1.29 is 37.7 Å². The molecule has 0 bridgehead atoms. The van der Waals surface area contributed by atoms with Gasteiger partial charge in [0.15, 0.2) is 0 Å². The Morgan fingerprint density at radius 2 is 1.81 bits per heavy atom. The molecule has 1 heterocycles. The van der Waals surface area contributed by atoms with Crippen molar-refractivity contribution in [2.45, 2.75) is 32.0 Å². The van der Waals surface area contributed by atoms with Gasteiger partial charge in [-0.3, -0.25) is 9.59 Å². The fraction of sp³-hybridized carbons (Fsp3) is 0.278. The van der Waals surface area contributed by atoms with Crippen LogP contribution in [0.15, 0.2) is 36.4 Å². The van der Waals surface area contributed by atoms with Crippen LogP contribution in [0.1, 0.15) is 25.0 Å². The normalized spacial score (nSPS) is 11.2. The molecular formula is C18H16F3NO5. The summed E-state index contributed by atoms with van der Waals surface area (Å²) in [4.78, 5) is 26.3. The Kier molecular flexibility index (Phi) is 6.38. The molecule has 2 aromatic rings. The van der Waals surface area contributed by atoms with Crippen LogP contribution >= 0.6 is 0 Å². The SMILES string of the molecule is O=C(O)CCC(=O)CCc1nc(-c2cccc(OC(F)(F)F)c2)ccc1O. The molecule has 0 radical (unpaired) electrons. The standard InChI is InChI=1S/C18H16F3NO5/c19-18(20,21)27-13-3-1-2-11(10-13)14-7-8-16(24)15(22-14)6-4-12(23)5-9-17(25)26/h1-3,7-8,10,24H,4-6,9H2,(H,25,26). The molecule has 0 aliphatic rings. The molecule has 0 aliphatic heterocycles. The number of benzene rings is 1. The number of carbonyl (C=O) groups is 2. The maximum atomic E-state index is 12.3. The van der Waals surface area contributed by atoms with Crippen molar-refractivity contribution in [1.82, 2.24) is 4.98 Å². The number of nitrogens with zero attached hydrogens (tertiary/aromatic N) is 1. The molecule has 2 rings (SSSR count). The second kappa shape index (κ2) is 8.52. The summed E-state index contributed by atoms with van der Waals surface area (Å²) < 4.78 is 40.9. The number of carboxylic acid groups (broad SMARTS) is 1. The van der Waals surface area contributed by atoms with Crippen LogP contribution in [-0.4, -0.2) is 33.3 Å². The first-order chi connectivity index (χ1) is 12.6. The number of aromatic nitrogens is 1. The average Bonchev–Trinajstić information content (AvgIpc) is 2.58. The summed E-state index contributed by atoms with van der Waals surface area (Å²) in [5, 5.41) is 18.4. The Morgan fingerprint density at radius 3 is 2.48 bits per heavy atom. The maximum absolute atomic E-state index is 12.3. The molecule has 0 saturated heterocycles. The maximum Gasteiger partial charge on any atom is 0.573 e. The van der Waals surface area contributed by atoms with Crippen molar-refractivity contribution >= 4 is 11.8 Å². The lowest BCUT2D eigenvalue weighted by Gasteiger charge is -2.11. The summed E-state index contributed by atoms with van der Waals surface area (Å²) >= 11 is 0. The highest BCUT2D eigenvalue weighted by atomic mass is 19.4. The number of rotatable bonds is 8. The summed E-state index contributed by atoms with van der Waals surface area (Å²) in [6.07, 6.45) is -5.13. The van der Waals surface area contributed by atoms with E-state index in [9.17, 15) is 27.9 Å². The van der Waals surface area contributed by atoms with Crippen LogP contribution in [0.5, 0.6) is 11.5 Å². The van der Waals surface area contributed by atoms with Crippen LogP contribution in [0.2, 0.25) is 0 Å². The van der Waals surface area contributed by atoms with E-state index in [2.05, 4.69) is 9.72 Å². The Balaban J connectivity index is 2.14. The van der Waals surface area contributed by atoms with Crippen LogP contribution in [0, 0.1) is 0 Å². The average molecular weight is 383 g/mol. The van der Waals surface area contributed by atoms with E-state index in [-0.39, 0.29) is 42.9 Å². The first-order valence-corrected chi connectivity index (χ1v) is 7.92. The van der Waals surface area contributed by atoms with E-state index in [0.29, 0.717) is 11.3 Å². The molecule has 0 fully saturated rings. The Labute approximate surface area is 152 Å². The highest BCUT2D eigenvalue weighted by Gasteiger charge is 2.31. The molecule has 0 saturated carbocycles. The molecule has 0 unspecified atom stereocenters. The van der Waals surface area contributed by atoms with Gasteiger partial charge in [0.05, 0.1) is 17.8 Å². The molecule has 1 aromatic heterocycles. The van der Waals surface area contributed by atoms with Crippen molar-refractivity contribution in [3.05, 3.63) is 42.1 Å². The Morgan fingerprint density at radius 1 is 1.07 bits per heavy atom. The third-order valence-corrected chi connectivity index (χ3v) is 3.57. The zero-order chi connectivity index (χ0) is 20.0. The number of aryl methyl sites for hydroxylation is 1. The number of hydrogen-bond acceptors (Lipinski definition) is 5. The molecule has 6 nitrogen and oxygen atoms in total. The number of hydrogen-bond donors (Lipinski definition) is 2. The van der Waals surface area contributed by atoms with E-state index >= 15 is 0 Å². The molecule has 0 atom stereocenters. The lowest BCUT2D eigenvalue weighted by molar-refractivity contribution is -0.274. The quantitative estimate of drug-likeness (QED) is 0.721. The van der Waals surface area contributed by atoms with Crippen molar-refractivity contribution in [2.75, 3.05) is 0 Å². The molecule has 0 aliphatic carbocycles. The number of carboxylic acids is 1. The number of aliphatic carboxylic acids is 1. The van der Waals surface area contributed by atoms with Gasteiger partial charge in [0.25, 0.3) is 0 Å². The zero-order valence-corrected chi connectivity index (χ0v) is 14.0. The van der Waals surface area contributed by atoms with Crippen LogP contribution in [0.4, 0.5) is 13.2 Å². The number of halogens is 3. The largest absolute Gasteiger partial charge is 0.573 e. The van der Waals surface area contributed by atoms with E-state index in [1.54, 1.807) is 0 Å². The van der Waals surface area contributed by atoms with Crippen molar-refractivity contribution in [2.24, 2.45) is 0 Å². The minimum atomic E-state index is -4.82. The number of alkyl halides is 3. The first kappa shape index (κ1) is 20.2. The van der Waals surface area contributed by atoms with Crippen molar-refractivity contribution in [3.8, 4) is 22.8 Å². The van der Waals surface area contributed by atoms with Gasteiger partial charge in [-0.1, -0.05) is 12.1 Å². The third-order valence-electron chi connectivity index (χ3n) is 3.57. The number of ketones is 1. The minimum absolute atomic E-state index is 0.00544. The molecule has 2 N–H and O–H groups in total. The fourth-order valence-electron chi connectivity index (χ4n) is 2.32. The van der Waals surface area contributed by atoms with Gasteiger partial charge in [-0.05, 0) is 24.3 Å². The number of pyridine rings is 1. The second-order valence-electron chi connectivity index (χ2n) is 5.67. The smallest absolute Gasteiger partial charge is 0.506 e. The van der Waals surface area contributed by atoms with E-state index < -0.39 is 18.1 Å². The van der Waals surface area contributed by atoms with E-state index in [0.717, 1.165) is 12.1 Å². The molecule has 27 heavy (non-hydrogen) atoms. The van der Waals surface area contributed by atoms with Gasteiger partial charge in [-0.25, -0.2) is 4.98 Å². The van der Waals surface area contributed by atoms with Gasteiger partial charge < -0.3 is 14.9 Å². The lowest BCUT2D eigenvalue weighted by Crippen LogP contribution is -2.17. The van der Waals surface area contributed by atoms with Gasteiger partial charge in [-0.2, -0.15) is 0 Å². The van der Waals surface area contributed by atoms with Crippen LogP contribution < -0.4 is 4.74 Å². The Bertz CT molecular complexity index is 836. The summed E-state index contributed by atoms with van der Waals surface area (Å²) in [7, 11) is 0. The van der Waals surface area contributed by atoms with Crippen LogP contribution in [0.25, 0.3) is 11.3 Å². The first-order valence-electron chi connectivity index (χ1n) is 7.92. The summed E-state index contributed by atoms with van der Waals surface area (Å²) in [5.74, 6) is -1.93. The number of Topliss-reactive ketones (excluding diaryl/α,β-unsaturated/α-hetero) is 1. The van der Waals surface area contributed by atoms with Gasteiger partial charge in [-0.15, -0.1) is 13.2 Å². The van der Waals surface area contributed by atoms with Crippen molar-refractivity contribution in [1.29, 1.82) is 0 Å². The Hall–Kier alpha value is -3.10. The van der Waals surface area contributed by atoms with Gasteiger partial charge in [0.2, 0.25) is 0 Å². The topological polar surface area (TPSA) is 96.7 Å². The van der Waals surface area contributed by atoms with Crippen LogP contribution in [-0.2, 0) is 16.0 Å². The molecule has 1 aromatic carbocycles. The third kappa shape index (κ3) is 6.61. The van der Waals surface area contributed by atoms with E-state index in [1.165, 1.54) is 24.3 Å². The zero-order valence-electron chi connectivity index (χ0n) is 14.0. The number of ether oxygens (including phenoxy) is 1. The van der Waals surface area contributed by atoms with Gasteiger partial charge >= 0.3 is 12.3 Å². The molecular weight excluding hydrogens is 367 g/mol. The highest BCUT2D eigenvalue weighted by molar-refractivity contribution is 5.82. The minimum Gasteiger partial charge on any atom is -0.506 e. The van der Waals surface area contributed by atoms with E-state index in [4.69, 9.17) is 5.11 Å². The molecule has 0 spiro atoms. The highest BCUT2D eigenvalue weighted by Crippen LogP contribution is 2.29. The van der Waals surface area contributed by atoms with Crippen LogP contribution in [0.3, 0.4) is 0 Å². The molecule has 144 valence electrons. The van der Waals surface area contributed by atoms with Gasteiger partial charge in [0.1, 0.15) is 17.3 Å². The number of carbonyl (C=O) groups excluding carboxylic acids is 1. The second-order valence-corrected chi connectivity index (χ2v) is 5.67. The lowest BCUT2D eigenvalue weighted by atomic mass is 10.1.